The Morgan fingerprint density at radius 2 is 1.65 bits per heavy atom. The second-order valence-electron chi connectivity index (χ2n) is 4.20. The summed E-state index contributed by atoms with van der Waals surface area (Å²) in [6, 6.07) is 6.33. The van der Waals surface area contributed by atoms with Crippen LogP contribution in [-0.4, -0.2) is 18.0 Å². The molecular weight excluding hydrogens is 217 g/mol. The van der Waals surface area contributed by atoms with Crippen molar-refractivity contribution in [2.24, 2.45) is 4.99 Å². The Kier molecular flexibility index (Phi) is 6.47. The van der Waals surface area contributed by atoms with E-state index in [1.807, 2.05) is 27.7 Å². The maximum atomic E-state index is 12.8. The summed E-state index contributed by atoms with van der Waals surface area (Å²) >= 11 is 0. The molecule has 1 aromatic carbocycles. The average molecular weight is 239 g/mol. The van der Waals surface area contributed by atoms with E-state index in [-0.39, 0.29) is 25.4 Å². The molecule has 0 N–H and O–H groups in total. The third-order valence-corrected chi connectivity index (χ3v) is 1.81. The molecular formula is C14H22FNO. The van der Waals surface area contributed by atoms with Crippen molar-refractivity contribution in [2.45, 2.75) is 47.3 Å². The zero-order valence-electron chi connectivity index (χ0n) is 10.2. The molecule has 0 aromatic heterocycles. The molecule has 0 fully saturated rings. The van der Waals surface area contributed by atoms with E-state index >= 15 is 0 Å². The summed E-state index contributed by atoms with van der Waals surface area (Å²) in [5, 5.41) is 0. The van der Waals surface area contributed by atoms with E-state index in [4.69, 9.17) is 4.74 Å². The maximum Gasteiger partial charge on any atom is 0.216 e. The zero-order chi connectivity index (χ0) is 12.1. The van der Waals surface area contributed by atoms with Crippen LogP contribution in [0, 0.1) is 5.82 Å². The number of benzene rings is 1. The van der Waals surface area contributed by atoms with Gasteiger partial charge >= 0.3 is 0 Å². The predicted molar refractivity (Wildman–Crippen MR) is 71.0 cm³/mol. The van der Waals surface area contributed by atoms with Crippen LogP contribution in [-0.2, 0) is 4.74 Å². The molecule has 0 aliphatic rings. The van der Waals surface area contributed by atoms with Crippen LogP contribution in [0.5, 0.6) is 0 Å². The summed E-state index contributed by atoms with van der Waals surface area (Å²) in [6.07, 6.45) is 0.0579. The van der Waals surface area contributed by atoms with Gasteiger partial charge in [0.25, 0.3) is 0 Å². The van der Waals surface area contributed by atoms with Gasteiger partial charge in [-0.1, -0.05) is 7.43 Å². The first-order valence-electron chi connectivity index (χ1n) is 5.49. The van der Waals surface area contributed by atoms with Crippen molar-refractivity contribution in [3.63, 3.8) is 0 Å². The van der Waals surface area contributed by atoms with Crippen LogP contribution in [0.2, 0.25) is 0 Å². The minimum atomic E-state index is -0.253. The van der Waals surface area contributed by atoms with Crippen molar-refractivity contribution in [1.82, 2.24) is 0 Å². The number of rotatable bonds is 3. The molecule has 0 bridgehead atoms. The molecule has 96 valence electrons. The molecule has 0 radical (unpaired) electrons. The molecule has 1 aromatic rings. The molecule has 3 heteroatoms. The monoisotopic (exact) mass is 239 g/mol. The fourth-order valence-electron chi connectivity index (χ4n) is 1.22. The van der Waals surface area contributed by atoms with Crippen molar-refractivity contribution >= 4 is 5.90 Å². The molecule has 0 unspecified atom stereocenters. The summed E-state index contributed by atoms with van der Waals surface area (Å²) < 4.78 is 18.4. The smallest absolute Gasteiger partial charge is 0.216 e. The normalized spacial score (nSPS) is 11.6. The van der Waals surface area contributed by atoms with Crippen LogP contribution >= 0.6 is 0 Å². The largest absolute Gasteiger partial charge is 0.475 e. The number of ether oxygens (including phenoxy) is 1. The highest BCUT2D eigenvalue weighted by atomic mass is 19.1. The molecule has 0 aliphatic heterocycles. The molecule has 1 rings (SSSR count). The summed E-state index contributed by atoms with van der Waals surface area (Å²) in [7, 11) is 0. The molecule has 17 heavy (non-hydrogen) atoms. The van der Waals surface area contributed by atoms with E-state index < -0.39 is 0 Å². The Bertz CT molecular complexity index is 355. The van der Waals surface area contributed by atoms with Crippen LogP contribution in [0.15, 0.2) is 29.3 Å². The van der Waals surface area contributed by atoms with Gasteiger partial charge in [0.1, 0.15) is 5.82 Å². The average Bonchev–Trinajstić information content (AvgIpc) is 2.16. The van der Waals surface area contributed by atoms with Crippen LogP contribution < -0.4 is 0 Å². The molecule has 2 nitrogen and oxygen atoms in total. The van der Waals surface area contributed by atoms with Crippen molar-refractivity contribution < 1.29 is 9.13 Å². The second-order valence-corrected chi connectivity index (χ2v) is 4.20. The Balaban J connectivity index is 0.00000256. The van der Waals surface area contributed by atoms with Gasteiger partial charge in [0.05, 0.1) is 6.10 Å². The first kappa shape index (κ1) is 15.6. The van der Waals surface area contributed by atoms with Crippen molar-refractivity contribution in [3.8, 4) is 0 Å². The van der Waals surface area contributed by atoms with Gasteiger partial charge in [-0.15, -0.1) is 0 Å². The first-order chi connectivity index (χ1) is 7.49. The highest BCUT2D eigenvalue weighted by Crippen LogP contribution is 2.08. The topological polar surface area (TPSA) is 21.6 Å². The highest BCUT2D eigenvalue weighted by Gasteiger charge is 2.08. The van der Waals surface area contributed by atoms with Gasteiger partial charge in [-0.05, 0) is 52.0 Å². The molecule has 0 saturated carbocycles. The third kappa shape index (κ3) is 5.48. The zero-order valence-corrected chi connectivity index (χ0v) is 10.2. The van der Waals surface area contributed by atoms with E-state index in [2.05, 4.69) is 4.99 Å². The van der Waals surface area contributed by atoms with Gasteiger partial charge in [0.2, 0.25) is 5.90 Å². The fraction of sp³-hybridized carbons (Fsp3) is 0.500. The van der Waals surface area contributed by atoms with Crippen molar-refractivity contribution in [3.05, 3.63) is 35.6 Å². The van der Waals surface area contributed by atoms with Gasteiger partial charge in [0.15, 0.2) is 0 Å². The van der Waals surface area contributed by atoms with Crippen LogP contribution in [0.3, 0.4) is 0 Å². The van der Waals surface area contributed by atoms with E-state index in [0.29, 0.717) is 5.90 Å². The van der Waals surface area contributed by atoms with Gasteiger partial charge in [0, 0.05) is 11.6 Å². The Morgan fingerprint density at radius 3 is 2.06 bits per heavy atom. The van der Waals surface area contributed by atoms with Gasteiger partial charge in [-0.25, -0.2) is 9.38 Å². The Hall–Kier alpha value is -1.38. The number of nitrogens with zero attached hydrogens (tertiary/aromatic N) is 1. The summed E-state index contributed by atoms with van der Waals surface area (Å²) in [5.41, 5.74) is 0.809. The highest BCUT2D eigenvalue weighted by molar-refractivity contribution is 5.94. The SMILES string of the molecule is C.CC(C)N=C(OC(C)C)c1ccc(F)cc1. The Morgan fingerprint density at radius 1 is 1.12 bits per heavy atom. The lowest BCUT2D eigenvalue weighted by atomic mass is 10.2. The van der Waals surface area contributed by atoms with Crippen molar-refractivity contribution in [1.29, 1.82) is 0 Å². The molecule has 0 atom stereocenters. The van der Waals surface area contributed by atoms with E-state index in [9.17, 15) is 4.39 Å². The third-order valence-electron chi connectivity index (χ3n) is 1.81. The molecule has 0 saturated heterocycles. The number of hydrogen-bond acceptors (Lipinski definition) is 2. The molecule has 0 heterocycles. The molecule has 0 spiro atoms. The maximum absolute atomic E-state index is 12.8. The van der Waals surface area contributed by atoms with Gasteiger partial charge in [-0.2, -0.15) is 0 Å². The summed E-state index contributed by atoms with van der Waals surface area (Å²) in [6.45, 7) is 7.85. The number of halogens is 1. The lowest BCUT2D eigenvalue weighted by Gasteiger charge is -2.13. The first-order valence-corrected chi connectivity index (χ1v) is 5.49. The quantitative estimate of drug-likeness (QED) is 0.576. The number of hydrogen-bond donors (Lipinski definition) is 0. The summed E-state index contributed by atoms with van der Waals surface area (Å²) in [5.74, 6) is 0.321. The Labute approximate surface area is 104 Å². The lowest BCUT2D eigenvalue weighted by molar-refractivity contribution is 0.228. The predicted octanol–water partition coefficient (Wildman–Crippen LogP) is 4.04. The van der Waals surface area contributed by atoms with E-state index in [1.54, 1.807) is 12.1 Å². The minimum Gasteiger partial charge on any atom is -0.475 e. The minimum absolute atomic E-state index is 0. The van der Waals surface area contributed by atoms with Gasteiger partial charge in [-0.3, -0.25) is 0 Å². The van der Waals surface area contributed by atoms with E-state index in [1.165, 1.54) is 12.1 Å². The second kappa shape index (κ2) is 7.05. The van der Waals surface area contributed by atoms with E-state index in [0.717, 1.165) is 5.56 Å². The molecule has 0 amide bonds. The van der Waals surface area contributed by atoms with Crippen LogP contribution in [0.25, 0.3) is 0 Å². The van der Waals surface area contributed by atoms with Crippen LogP contribution in [0.4, 0.5) is 4.39 Å². The fourth-order valence-corrected chi connectivity index (χ4v) is 1.22. The van der Waals surface area contributed by atoms with Crippen LogP contribution in [0.1, 0.15) is 40.7 Å². The lowest BCUT2D eigenvalue weighted by Crippen LogP contribution is -2.15. The summed E-state index contributed by atoms with van der Waals surface area (Å²) in [4.78, 5) is 4.39. The van der Waals surface area contributed by atoms with Crippen molar-refractivity contribution in [2.75, 3.05) is 0 Å². The molecule has 0 aliphatic carbocycles. The number of aliphatic imine (C=N–C) groups is 1. The standard InChI is InChI=1S/C13H18FNO.CH4/c1-9(2)15-13(16-10(3)4)11-5-7-12(14)8-6-11;/h5-10H,1-4H3;1H4. The van der Waals surface area contributed by atoms with Gasteiger partial charge < -0.3 is 4.74 Å².